The number of aryl methyl sites for hydroxylation is 1. The monoisotopic (exact) mass is 401 g/mol. The average Bonchev–Trinajstić information content (AvgIpc) is 3.33. The van der Waals surface area contributed by atoms with Gasteiger partial charge in [0.2, 0.25) is 0 Å². The molecule has 0 saturated heterocycles. The molecule has 1 aromatic carbocycles. The normalized spacial score (nSPS) is 17.0. The number of amides is 1. The lowest BCUT2D eigenvalue weighted by Crippen LogP contribution is -2.38. The van der Waals surface area contributed by atoms with Crippen LogP contribution in [0.4, 0.5) is 0 Å². The van der Waals surface area contributed by atoms with Crippen molar-refractivity contribution in [2.24, 2.45) is 7.05 Å². The molecule has 0 aliphatic heterocycles. The molecule has 0 bridgehead atoms. The van der Waals surface area contributed by atoms with E-state index in [1.165, 1.54) is 30.5 Å². The summed E-state index contributed by atoms with van der Waals surface area (Å²) < 4.78 is 2.89. The molecule has 1 amide bonds. The lowest BCUT2D eigenvalue weighted by atomic mass is 10.1. The maximum absolute atomic E-state index is 13.3. The van der Waals surface area contributed by atoms with Gasteiger partial charge in [-0.15, -0.1) is 0 Å². The summed E-state index contributed by atoms with van der Waals surface area (Å²) in [6.45, 7) is 0.633. The van der Waals surface area contributed by atoms with Crippen LogP contribution in [0.1, 0.15) is 59.4 Å². The summed E-state index contributed by atoms with van der Waals surface area (Å²) in [7, 11) is 2.03. The van der Waals surface area contributed by atoms with Gasteiger partial charge in [0.15, 0.2) is 0 Å². The number of benzene rings is 1. The Bertz CT molecular complexity index is 792. The predicted molar refractivity (Wildman–Crippen MR) is 102 cm³/mol. The Morgan fingerprint density at radius 2 is 2.00 bits per heavy atom. The van der Waals surface area contributed by atoms with Crippen molar-refractivity contribution >= 4 is 21.8 Å². The molecule has 0 radical (unpaired) electrons. The number of rotatable bonds is 4. The van der Waals surface area contributed by atoms with E-state index in [9.17, 15) is 4.79 Å². The van der Waals surface area contributed by atoms with Gasteiger partial charge in [-0.25, -0.2) is 0 Å². The zero-order valence-corrected chi connectivity index (χ0v) is 16.3. The predicted octanol–water partition coefficient (Wildman–Crippen LogP) is 4.26. The minimum absolute atomic E-state index is 0.122. The third-order valence-electron chi connectivity index (χ3n) is 5.65. The van der Waals surface area contributed by atoms with Crippen LogP contribution in [-0.4, -0.2) is 26.6 Å². The van der Waals surface area contributed by atoms with E-state index in [1.807, 2.05) is 36.0 Å². The van der Waals surface area contributed by atoms with Gasteiger partial charge in [0.1, 0.15) is 0 Å². The highest BCUT2D eigenvalue weighted by Crippen LogP contribution is 2.31. The fraction of sp³-hybridized carbons (Fsp3) is 0.500. The molecule has 0 atom stereocenters. The topological polar surface area (TPSA) is 38.1 Å². The summed E-state index contributed by atoms with van der Waals surface area (Å²) in [6.07, 6.45) is 8.04. The van der Waals surface area contributed by atoms with Crippen molar-refractivity contribution in [3.8, 4) is 0 Å². The minimum atomic E-state index is 0.122. The van der Waals surface area contributed by atoms with E-state index < -0.39 is 0 Å². The molecule has 1 aromatic heterocycles. The molecule has 1 fully saturated rings. The molecule has 0 spiro atoms. The number of carbonyl (C=O) groups excluding carboxylic acids is 1. The van der Waals surface area contributed by atoms with E-state index in [4.69, 9.17) is 5.10 Å². The molecule has 132 valence electrons. The van der Waals surface area contributed by atoms with Crippen LogP contribution < -0.4 is 0 Å². The first-order chi connectivity index (χ1) is 12.1. The van der Waals surface area contributed by atoms with Gasteiger partial charge < -0.3 is 4.90 Å². The molecule has 2 aliphatic carbocycles. The van der Waals surface area contributed by atoms with Crippen molar-refractivity contribution in [2.75, 3.05) is 0 Å². The van der Waals surface area contributed by atoms with Crippen LogP contribution in [0.2, 0.25) is 0 Å². The van der Waals surface area contributed by atoms with E-state index in [0.29, 0.717) is 12.6 Å². The van der Waals surface area contributed by atoms with Crippen LogP contribution in [0.5, 0.6) is 0 Å². The second-order valence-corrected chi connectivity index (χ2v) is 8.05. The van der Waals surface area contributed by atoms with Crippen molar-refractivity contribution in [3.05, 3.63) is 51.3 Å². The van der Waals surface area contributed by atoms with Crippen molar-refractivity contribution in [1.29, 1.82) is 0 Å². The first kappa shape index (κ1) is 16.8. The molecule has 2 aromatic rings. The van der Waals surface area contributed by atoms with Gasteiger partial charge in [-0.3, -0.25) is 9.48 Å². The lowest BCUT2D eigenvalue weighted by molar-refractivity contribution is 0.0660. The Kier molecular flexibility index (Phi) is 4.67. The fourth-order valence-corrected chi connectivity index (χ4v) is 4.81. The first-order valence-corrected chi connectivity index (χ1v) is 10.0. The molecule has 2 aliphatic rings. The van der Waals surface area contributed by atoms with Gasteiger partial charge in [0.25, 0.3) is 5.91 Å². The van der Waals surface area contributed by atoms with Crippen LogP contribution in [0, 0.1) is 0 Å². The number of hydrogen-bond acceptors (Lipinski definition) is 2. The highest BCUT2D eigenvalue weighted by molar-refractivity contribution is 9.10. The molecular formula is C20H24BrN3O. The molecule has 4 nitrogen and oxygen atoms in total. The standard InChI is InChI=1S/C20H24BrN3O/c1-23-19-12-6-10-16(19)18(22-23)13-24(14-7-2-3-8-14)20(25)15-9-4-5-11-17(15)21/h4-5,9,11,14H,2-3,6-8,10,12-13H2,1H3. The summed E-state index contributed by atoms with van der Waals surface area (Å²) >= 11 is 3.55. The summed E-state index contributed by atoms with van der Waals surface area (Å²) in [5.74, 6) is 0.122. The number of halogens is 1. The molecule has 5 heteroatoms. The number of nitrogens with zero attached hydrogens (tertiary/aromatic N) is 3. The van der Waals surface area contributed by atoms with Crippen LogP contribution in [0.15, 0.2) is 28.7 Å². The van der Waals surface area contributed by atoms with Gasteiger partial charge >= 0.3 is 0 Å². The van der Waals surface area contributed by atoms with Crippen molar-refractivity contribution in [2.45, 2.75) is 57.5 Å². The Labute approximate surface area is 157 Å². The van der Waals surface area contributed by atoms with E-state index in [1.54, 1.807) is 0 Å². The molecule has 1 heterocycles. The van der Waals surface area contributed by atoms with Gasteiger partial charge in [-0.1, -0.05) is 25.0 Å². The van der Waals surface area contributed by atoms with Crippen molar-refractivity contribution in [1.82, 2.24) is 14.7 Å². The highest BCUT2D eigenvalue weighted by atomic mass is 79.9. The molecule has 0 unspecified atom stereocenters. The van der Waals surface area contributed by atoms with Crippen molar-refractivity contribution < 1.29 is 4.79 Å². The number of carbonyl (C=O) groups is 1. The quantitative estimate of drug-likeness (QED) is 0.767. The first-order valence-electron chi connectivity index (χ1n) is 9.24. The Hall–Kier alpha value is -1.62. The Morgan fingerprint density at radius 1 is 1.24 bits per heavy atom. The summed E-state index contributed by atoms with van der Waals surface area (Å²) in [5.41, 5.74) is 4.59. The molecule has 4 rings (SSSR count). The molecule has 0 N–H and O–H groups in total. The second-order valence-electron chi connectivity index (χ2n) is 7.20. The van der Waals surface area contributed by atoms with E-state index in [2.05, 4.69) is 20.8 Å². The van der Waals surface area contributed by atoms with Crippen LogP contribution >= 0.6 is 15.9 Å². The smallest absolute Gasteiger partial charge is 0.255 e. The zero-order chi connectivity index (χ0) is 17.4. The minimum Gasteiger partial charge on any atom is -0.330 e. The van der Waals surface area contributed by atoms with E-state index >= 15 is 0 Å². The zero-order valence-electron chi connectivity index (χ0n) is 14.7. The average molecular weight is 402 g/mol. The third kappa shape index (κ3) is 3.14. The van der Waals surface area contributed by atoms with Crippen LogP contribution in [-0.2, 0) is 26.4 Å². The van der Waals surface area contributed by atoms with Crippen LogP contribution in [0.25, 0.3) is 0 Å². The number of hydrogen-bond donors (Lipinski definition) is 0. The van der Waals surface area contributed by atoms with Crippen LogP contribution in [0.3, 0.4) is 0 Å². The summed E-state index contributed by atoms with van der Waals surface area (Å²) in [4.78, 5) is 15.4. The largest absolute Gasteiger partial charge is 0.330 e. The Balaban J connectivity index is 1.66. The number of aromatic nitrogens is 2. The SMILES string of the molecule is Cn1nc(CN(C(=O)c2ccccc2Br)C2CCCC2)c2c1CCC2. The lowest BCUT2D eigenvalue weighted by Gasteiger charge is -2.29. The maximum atomic E-state index is 13.3. The summed E-state index contributed by atoms with van der Waals surface area (Å²) in [5, 5.41) is 4.75. The van der Waals surface area contributed by atoms with Gasteiger partial charge in [-0.2, -0.15) is 5.10 Å². The Morgan fingerprint density at radius 3 is 2.76 bits per heavy atom. The van der Waals surface area contributed by atoms with Gasteiger partial charge in [0, 0.05) is 23.3 Å². The number of fused-ring (bicyclic) bond motifs is 1. The van der Waals surface area contributed by atoms with E-state index in [-0.39, 0.29) is 5.91 Å². The maximum Gasteiger partial charge on any atom is 0.255 e. The summed E-state index contributed by atoms with van der Waals surface area (Å²) in [6, 6.07) is 8.07. The van der Waals surface area contributed by atoms with E-state index in [0.717, 1.165) is 41.4 Å². The molecule has 1 saturated carbocycles. The molecule has 25 heavy (non-hydrogen) atoms. The third-order valence-corrected chi connectivity index (χ3v) is 6.34. The van der Waals surface area contributed by atoms with Crippen molar-refractivity contribution in [3.63, 3.8) is 0 Å². The van der Waals surface area contributed by atoms with Gasteiger partial charge in [0.05, 0.1) is 17.8 Å². The molecular weight excluding hydrogens is 378 g/mol. The highest BCUT2D eigenvalue weighted by Gasteiger charge is 2.31. The van der Waals surface area contributed by atoms with Gasteiger partial charge in [-0.05, 0) is 65.7 Å². The fourth-order valence-electron chi connectivity index (χ4n) is 4.36. The second kappa shape index (κ2) is 6.94.